The van der Waals surface area contributed by atoms with Crippen LogP contribution in [0.1, 0.15) is 101 Å². The van der Waals surface area contributed by atoms with E-state index in [0.717, 1.165) is 85.8 Å². The zero-order valence-electron chi connectivity index (χ0n) is 45.8. The van der Waals surface area contributed by atoms with Crippen LogP contribution in [0.3, 0.4) is 0 Å². The van der Waals surface area contributed by atoms with Gasteiger partial charge in [0.25, 0.3) is 0 Å². The third kappa shape index (κ3) is 11.8. The Morgan fingerprint density at radius 2 is 0.938 bits per heavy atom. The first-order chi connectivity index (χ1) is 38.1. The SMILES string of the molecule is CC(C)c1cc(-c2ccccc2)cc(C(C)C)c1-c1cc(-c2[c-]cc(F)cc2F)nc(-c2[c-]cc(F)cc2F)c1.CC(C)c1cc(-c2ccccc2)cc(C(C)C)c1-n1c(-c2[c-]cccc2)nc2c(-c3ccccn3)cccc21.[Ir+3]. The summed E-state index contributed by atoms with van der Waals surface area (Å²) in [4.78, 5) is 14.5. The van der Waals surface area contributed by atoms with Gasteiger partial charge in [-0.25, -0.2) is 0 Å². The molecule has 3 aromatic heterocycles. The molecule has 11 aromatic rings. The van der Waals surface area contributed by atoms with Gasteiger partial charge in [0.2, 0.25) is 0 Å². The molecule has 3 heterocycles. The minimum Gasteiger partial charge on any atom is -0.345 e. The Kier molecular flexibility index (Phi) is 17.3. The molecule has 0 aliphatic heterocycles. The summed E-state index contributed by atoms with van der Waals surface area (Å²) in [5.41, 5.74) is 17.3. The van der Waals surface area contributed by atoms with Crippen LogP contribution >= 0.6 is 0 Å². The Morgan fingerprint density at radius 1 is 0.438 bits per heavy atom. The second-order valence-electron chi connectivity index (χ2n) is 21.0. The summed E-state index contributed by atoms with van der Waals surface area (Å²) in [5.74, 6) is -1.48. The molecule has 0 aliphatic carbocycles. The van der Waals surface area contributed by atoms with Crippen molar-refractivity contribution in [3.05, 3.63) is 252 Å². The Hall–Kier alpha value is -8.10. The van der Waals surface area contributed by atoms with Crippen LogP contribution in [0.4, 0.5) is 17.6 Å². The van der Waals surface area contributed by atoms with E-state index in [2.05, 4.69) is 191 Å². The number of benzene rings is 8. The number of nitrogens with zero attached hydrogens (tertiary/aromatic N) is 4. The van der Waals surface area contributed by atoms with Crippen LogP contribution in [0.25, 0.3) is 95.3 Å². The van der Waals surface area contributed by atoms with Crippen LogP contribution in [0.5, 0.6) is 0 Å². The van der Waals surface area contributed by atoms with Gasteiger partial charge in [-0.3, -0.25) is 27.5 Å². The van der Waals surface area contributed by atoms with E-state index in [4.69, 9.17) is 4.98 Å². The van der Waals surface area contributed by atoms with Gasteiger partial charge in [0.15, 0.2) is 0 Å². The van der Waals surface area contributed by atoms with Gasteiger partial charge in [-0.1, -0.05) is 182 Å². The van der Waals surface area contributed by atoms with Crippen molar-refractivity contribution in [1.29, 1.82) is 0 Å². The van der Waals surface area contributed by atoms with Crippen molar-refractivity contribution in [1.82, 2.24) is 19.5 Å². The molecule has 11 rings (SSSR count). The van der Waals surface area contributed by atoms with Crippen LogP contribution in [0.2, 0.25) is 0 Å². The maximum atomic E-state index is 14.9. The molecule has 8 aromatic carbocycles. The molecule has 0 amide bonds. The first-order valence-corrected chi connectivity index (χ1v) is 26.8. The van der Waals surface area contributed by atoms with Gasteiger partial charge in [-0.15, -0.1) is 60.2 Å². The first kappa shape index (κ1) is 56.6. The minimum atomic E-state index is -0.841. The third-order valence-corrected chi connectivity index (χ3v) is 14.2. The van der Waals surface area contributed by atoms with E-state index in [0.29, 0.717) is 17.4 Å². The summed E-state index contributed by atoms with van der Waals surface area (Å²) in [6.07, 6.45) is 1.84. The monoisotopic (exact) mass is 1240 g/mol. The molecule has 0 radical (unpaired) electrons. The van der Waals surface area contributed by atoms with Gasteiger partial charge < -0.3 is 9.55 Å². The van der Waals surface area contributed by atoms with E-state index in [9.17, 15) is 17.6 Å². The number of hydrogen-bond donors (Lipinski definition) is 0. The van der Waals surface area contributed by atoms with Crippen LogP contribution in [0.15, 0.2) is 188 Å². The number of aromatic nitrogens is 4. The van der Waals surface area contributed by atoms with Crippen LogP contribution in [0, 0.1) is 41.5 Å². The molecule has 4 nitrogen and oxygen atoms in total. The summed E-state index contributed by atoms with van der Waals surface area (Å²) in [6.45, 7) is 17.5. The Bertz CT molecular complexity index is 3820. The predicted octanol–water partition coefficient (Wildman–Crippen LogP) is 19.6. The fourth-order valence-electron chi connectivity index (χ4n) is 10.3. The van der Waals surface area contributed by atoms with Gasteiger partial charge in [0, 0.05) is 40.7 Å². The standard InChI is InChI=1S/C36H32N3.C35H27F4N.Ir/c1-24(2)30-22-28(26-14-7-5-8-15-26)23-31(25(3)4)35(30)39-33-20-13-18-29(32-19-11-12-21-37-32)34(33)38-36(39)27-16-9-6-10-17-27;1-20(2)29-14-23(22-8-6-5-7-9-22)15-30(21(3)4)35(29)24-16-33(27-12-10-25(36)18-31(27)38)40-34(17-24)28-13-11-26(37)19-32(28)39;/h5-16,18-25H,1-4H3;5-11,14-21H,1-4H3;/q-1;-2;+3. The van der Waals surface area contributed by atoms with Gasteiger partial charge in [0.1, 0.15) is 0 Å². The molecule has 0 atom stereocenters. The van der Waals surface area contributed by atoms with Crippen molar-refractivity contribution in [2.75, 3.05) is 0 Å². The largest absolute Gasteiger partial charge is 3.00 e. The number of pyridine rings is 2. The first-order valence-electron chi connectivity index (χ1n) is 26.8. The van der Waals surface area contributed by atoms with Gasteiger partial charge in [-0.2, -0.15) is 0 Å². The second kappa shape index (κ2) is 24.5. The van der Waals surface area contributed by atoms with Crippen molar-refractivity contribution in [2.45, 2.75) is 79.1 Å². The molecule has 0 unspecified atom stereocenters. The number of imidazole rings is 1. The molecule has 400 valence electrons. The number of hydrogen-bond acceptors (Lipinski definition) is 3. The topological polar surface area (TPSA) is 43.6 Å². The van der Waals surface area contributed by atoms with Crippen molar-refractivity contribution in [3.63, 3.8) is 0 Å². The molecule has 80 heavy (non-hydrogen) atoms. The number of halogens is 4. The second-order valence-corrected chi connectivity index (χ2v) is 21.0. The van der Waals surface area contributed by atoms with Crippen molar-refractivity contribution in [2.24, 2.45) is 0 Å². The smallest absolute Gasteiger partial charge is 0.345 e. The molecule has 0 N–H and O–H groups in total. The maximum Gasteiger partial charge on any atom is 3.00 e. The van der Waals surface area contributed by atoms with Crippen LogP contribution in [-0.2, 0) is 20.1 Å². The molecule has 0 fully saturated rings. The zero-order valence-corrected chi connectivity index (χ0v) is 48.2. The van der Waals surface area contributed by atoms with Crippen molar-refractivity contribution >= 4 is 11.0 Å². The number of fused-ring (bicyclic) bond motifs is 1. The number of para-hydroxylation sites is 1. The van der Waals surface area contributed by atoms with E-state index < -0.39 is 23.3 Å². The quantitative estimate of drug-likeness (QED) is 0.0904. The molecule has 9 heteroatoms. The van der Waals surface area contributed by atoms with E-state index in [-0.39, 0.29) is 54.5 Å². The average Bonchev–Trinajstić information content (AvgIpc) is 3.89. The van der Waals surface area contributed by atoms with Crippen LogP contribution < -0.4 is 0 Å². The Balaban J connectivity index is 0.000000191. The fourth-order valence-corrected chi connectivity index (χ4v) is 10.3. The molecular weight excluding hydrogens is 1180 g/mol. The normalized spacial score (nSPS) is 11.3. The van der Waals surface area contributed by atoms with Crippen molar-refractivity contribution < 1.29 is 37.7 Å². The molecule has 0 bridgehead atoms. The summed E-state index contributed by atoms with van der Waals surface area (Å²) in [5, 5.41) is 0. The molecule has 0 saturated carbocycles. The zero-order chi connectivity index (χ0) is 55.5. The molecular formula is C71H59F4IrN4. The summed E-state index contributed by atoms with van der Waals surface area (Å²) in [6, 6.07) is 66.1. The predicted molar refractivity (Wildman–Crippen MR) is 314 cm³/mol. The Morgan fingerprint density at radius 3 is 1.40 bits per heavy atom. The number of rotatable bonds is 12. The van der Waals surface area contributed by atoms with E-state index in [1.165, 1.54) is 27.9 Å². The molecule has 0 spiro atoms. The molecule has 0 saturated heterocycles. The Labute approximate surface area is 480 Å². The third-order valence-electron chi connectivity index (χ3n) is 14.2. The summed E-state index contributed by atoms with van der Waals surface area (Å²) < 4.78 is 59.7. The average molecular weight is 1240 g/mol. The van der Waals surface area contributed by atoms with E-state index in [1.54, 1.807) is 12.1 Å². The molecule has 0 aliphatic rings. The summed E-state index contributed by atoms with van der Waals surface area (Å²) >= 11 is 0. The van der Waals surface area contributed by atoms with Gasteiger partial charge >= 0.3 is 20.1 Å². The minimum absolute atomic E-state index is 0. The van der Waals surface area contributed by atoms with Crippen LogP contribution in [-0.4, -0.2) is 19.5 Å². The van der Waals surface area contributed by atoms with E-state index >= 15 is 0 Å². The van der Waals surface area contributed by atoms with Gasteiger partial charge in [-0.05, 0) is 121 Å². The van der Waals surface area contributed by atoms with E-state index in [1.807, 2.05) is 48.7 Å². The summed E-state index contributed by atoms with van der Waals surface area (Å²) in [7, 11) is 0. The van der Waals surface area contributed by atoms with Crippen molar-refractivity contribution in [3.8, 4) is 84.2 Å². The maximum absolute atomic E-state index is 14.9. The van der Waals surface area contributed by atoms with Gasteiger partial charge in [0.05, 0.1) is 22.6 Å². The fraction of sp³-hybridized carbons (Fsp3) is 0.169.